The van der Waals surface area contributed by atoms with Crippen LogP contribution in [0.4, 0.5) is 0 Å². The lowest BCUT2D eigenvalue weighted by molar-refractivity contribution is -0.134. The summed E-state index contributed by atoms with van der Waals surface area (Å²) in [5.41, 5.74) is 2.49. The zero-order chi connectivity index (χ0) is 14.7. The van der Waals surface area contributed by atoms with Crippen LogP contribution < -0.4 is 5.32 Å². The highest BCUT2D eigenvalue weighted by molar-refractivity contribution is 5.83. The van der Waals surface area contributed by atoms with Gasteiger partial charge < -0.3 is 15.2 Å². The fraction of sp³-hybridized carbons (Fsp3) is 0.471. The second-order valence-corrected chi connectivity index (χ2v) is 5.85. The zero-order valence-electron chi connectivity index (χ0n) is 12.6. The van der Waals surface area contributed by atoms with Crippen LogP contribution in [0.25, 0.3) is 10.9 Å². The van der Waals surface area contributed by atoms with Crippen LogP contribution in [0.2, 0.25) is 0 Å². The molecule has 1 atom stereocenters. The molecular weight excluding hydrogens is 262 g/mol. The Kier molecular flexibility index (Phi) is 4.25. The lowest BCUT2D eigenvalue weighted by Gasteiger charge is -2.34. The fourth-order valence-electron chi connectivity index (χ4n) is 3.12. The number of carbonyl (C=O) groups is 1. The van der Waals surface area contributed by atoms with E-state index < -0.39 is 0 Å². The van der Waals surface area contributed by atoms with E-state index in [0.717, 1.165) is 32.5 Å². The van der Waals surface area contributed by atoms with E-state index in [1.54, 1.807) is 0 Å². The van der Waals surface area contributed by atoms with Crippen molar-refractivity contribution in [3.63, 3.8) is 0 Å². The number of aromatic amines is 1. The van der Waals surface area contributed by atoms with Crippen LogP contribution >= 0.6 is 0 Å². The van der Waals surface area contributed by atoms with Gasteiger partial charge in [0.25, 0.3) is 0 Å². The third-order valence-electron chi connectivity index (χ3n) is 4.33. The molecule has 0 aliphatic carbocycles. The first kappa shape index (κ1) is 14.1. The third kappa shape index (κ3) is 3.10. The lowest BCUT2D eigenvalue weighted by Crippen LogP contribution is -2.52. The predicted molar refractivity (Wildman–Crippen MR) is 85.3 cm³/mol. The third-order valence-corrected chi connectivity index (χ3v) is 4.33. The molecule has 112 valence electrons. The first-order valence-corrected chi connectivity index (χ1v) is 7.81. The second-order valence-electron chi connectivity index (χ2n) is 5.85. The first-order valence-electron chi connectivity index (χ1n) is 7.81. The van der Waals surface area contributed by atoms with Crippen LogP contribution in [0.1, 0.15) is 25.3 Å². The average molecular weight is 285 g/mol. The number of piperazine rings is 1. The Balaban J connectivity index is 1.55. The van der Waals surface area contributed by atoms with Gasteiger partial charge in [0.05, 0.1) is 0 Å². The number of nitrogens with zero attached hydrogens (tertiary/aromatic N) is 1. The minimum Gasteiger partial charge on any atom is -0.361 e. The Hall–Kier alpha value is -1.81. The van der Waals surface area contributed by atoms with Crippen molar-refractivity contribution >= 4 is 16.8 Å². The molecule has 0 saturated carbocycles. The van der Waals surface area contributed by atoms with E-state index in [4.69, 9.17) is 0 Å². The van der Waals surface area contributed by atoms with Crippen molar-refractivity contribution in [3.8, 4) is 0 Å². The lowest BCUT2D eigenvalue weighted by atomic mass is 10.1. The number of aromatic nitrogens is 1. The molecule has 2 aromatic rings. The molecule has 0 unspecified atom stereocenters. The molecule has 0 bridgehead atoms. The summed E-state index contributed by atoms with van der Waals surface area (Å²) in [5, 5.41) is 4.60. The van der Waals surface area contributed by atoms with E-state index in [-0.39, 0.29) is 0 Å². The Bertz CT molecular complexity index is 619. The van der Waals surface area contributed by atoms with E-state index in [0.29, 0.717) is 18.4 Å². The van der Waals surface area contributed by atoms with Crippen LogP contribution in [0.5, 0.6) is 0 Å². The van der Waals surface area contributed by atoms with Crippen molar-refractivity contribution in [1.82, 2.24) is 15.2 Å². The van der Waals surface area contributed by atoms with Gasteiger partial charge in [-0.05, 0) is 31.4 Å². The maximum Gasteiger partial charge on any atom is 0.222 e. The van der Waals surface area contributed by atoms with Gasteiger partial charge in [0.15, 0.2) is 0 Å². The molecule has 3 rings (SSSR count). The molecule has 4 nitrogen and oxygen atoms in total. The van der Waals surface area contributed by atoms with Crippen LogP contribution in [0, 0.1) is 0 Å². The summed E-state index contributed by atoms with van der Waals surface area (Å²) in [6, 6.07) is 8.65. The molecule has 1 fully saturated rings. The largest absolute Gasteiger partial charge is 0.361 e. The summed E-state index contributed by atoms with van der Waals surface area (Å²) in [6.45, 7) is 4.78. The molecule has 2 N–H and O–H groups in total. The van der Waals surface area contributed by atoms with Gasteiger partial charge >= 0.3 is 0 Å². The zero-order valence-corrected chi connectivity index (χ0v) is 12.6. The summed E-state index contributed by atoms with van der Waals surface area (Å²) in [4.78, 5) is 17.6. The molecule has 1 aliphatic rings. The smallest absolute Gasteiger partial charge is 0.222 e. The highest BCUT2D eigenvalue weighted by Crippen LogP contribution is 2.19. The summed E-state index contributed by atoms with van der Waals surface area (Å²) in [7, 11) is 0. The normalized spacial score (nSPS) is 19.1. The van der Waals surface area contributed by atoms with E-state index in [2.05, 4.69) is 41.6 Å². The standard InChI is InChI=1S/C17H23N3O/c1-13-11-18-9-10-20(13)17(21)8-4-5-14-12-19-16-7-3-2-6-15(14)16/h2-3,6-7,12-13,18-19H,4-5,8-11H2,1H3/t13-/m0/s1. The van der Waals surface area contributed by atoms with Crippen LogP contribution in [-0.4, -0.2) is 41.5 Å². The Morgan fingerprint density at radius 1 is 1.38 bits per heavy atom. The topological polar surface area (TPSA) is 48.1 Å². The molecule has 4 heteroatoms. The molecule has 1 saturated heterocycles. The number of aryl methyl sites for hydroxylation is 1. The van der Waals surface area contributed by atoms with E-state index in [1.165, 1.54) is 16.5 Å². The molecule has 1 aromatic carbocycles. The van der Waals surface area contributed by atoms with Gasteiger partial charge in [0, 0.05) is 49.2 Å². The SMILES string of the molecule is C[C@H]1CNCCN1C(=O)CCCc1c[nH]c2ccccc12. The van der Waals surface area contributed by atoms with E-state index in [1.807, 2.05) is 11.0 Å². The van der Waals surface area contributed by atoms with Crippen molar-refractivity contribution in [2.45, 2.75) is 32.2 Å². The molecule has 0 radical (unpaired) electrons. The molecule has 1 aromatic heterocycles. The van der Waals surface area contributed by atoms with Gasteiger partial charge in [-0.1, -0.05) is 18.2 Å². The minimum absolute atomic E-state index is 0.295. The highest BCUT2D eigenvalue weighted by Gasteiger charge is 2.22. The number of carbonyl (C=O) groups excluding carboxylic acids is 1. The van der Waals surface area contributed by atoms with Gasteiger partial charge in [0.2, 0.25) is 5.91 Å². The second kappa shape index (κ2) is 6.31. The molecule has 1 amide bonds. The number of nitrogens with one attached hydrogen (secondary N) is 2. The van der Waals surface area contributed by atoms with Crippen LogP contribution in [0.3, 0.4) is 0 Å². The Labute approximate surface area is 125 Å². The summed E-state index contributed by atoms with van der Waals surface area (Å²) in [5.74, 6) is 0.295. The van der Waals surface area contributed by atoms with Gasteiger partial charge in [-0.2, -0.15) is 0 Å². The number of fused-ring (bicyclic) bond motifs is 1. The average Bonchev–Trinajstić information content (AvgIpc) is 2.91. The summed E-state index contributed by atoms with van der Waals surface area (Å²) in [6.07, 6.45) is 4.58. The summed E-state index contributed by atoms with van der Waals surface area (Å²) < 4.78 is 0. The Morgan fingerprint density at radius 2 is 2.24 bits per heavy atom. The monoisotopic (exact) mass is 285 g/mol. The highest BCUT2D eigenvalue weighted by atomic mass is 16.2. The molecule has 0 spiro atoms. The van der Waals surface area contributed by atoms with Crippen molar-refractivity contribution in [2.75, 3.05) is 19.6 Å². The number of amides is 1. The quantitative estimate of drug-likeness (QED) is 0.905. The van der Waals surface area contributed by atoms with Crippen molar-refractivity contribution in [3.05, 3.63) is 36.0 Å². The number of para-hydroxylation sites is 1. The van der Waals surface area contributed by atoms with Crippen molar-refractivity contribution in [2.24, 2.45) is 0 Å². The predicted octanol–water partition coefficient (Wildman–Crippen LogP) is 2.31. The number of benzene rings is 1. The number of hydrogen-bond acceptors (Lipinski definition) is 2. The molecule has 1 aliphatic heterocycles. The van der Waals surface area contributed by atoms with E-state index in [9.17, 15) is 4.79 Å². The Morgan fingerprint density at radius 3 is 3.10 bits per heavy atom. The van der Waals surface area contributed by atoms with Gasteiger partial charge in [-0.15, -0.1) is 0 Å². The van der Waals surface area contributed by atoms with Gasteiger partial charge in [-0.3, -0.25) is 4.79 Å². The number of H-pyrrole nitrogens is 1. The maximum absolute atomic E-state index is 12.3. The minimum atomic E-state index is 0.295. The maximum atomic E-state index is 12.3. The number of hydrogen-bond donors (Lipinski definition) is 2. The first-order chi connectivity index (χ1) is 10.3. The summed E-state index contributed by atoms with van der Waals surface area (Å²) >= 11 is 0. The number of rotatable bonds is 4. The van der Waals surface area contributed by atoms with Gasteiger partial charge in [-0.25, -0.2) is 0 Å². The van der Waals surface area contributed by atoms with Crippen LogP contribution in [0.15, 0.2) is 30.5 Å². The molecular formula is C17H23N3O. The van der Waals surface area contributed by atoms with Gasteiger partial charge in [0.1, 0.15) is 0 Å². The van der Waals surface area contributed by atoms with Crippen molar-refractivity contribution < 1.29 is 4.79 Å². The molecule has 2 heterocycles. The van der Waals surface area contributed by atoms with E-state index >= 15 is 0 Å². The molecule has 21 heavy (non-hydrogen) atoms. The fourth-order valence-corrected chi connectivity index (χ4v) is 3.12. The van der Waals surface area contributed by atoms with Crippen molar-refractivity contribution in [1.29, 1.82) is 0 Å². The van der Waals surface area contributed by atoms with Crippen LogP contribution in [-0.2, 0) is 11.2 Å².